The minimum atomic E-state index is -0.282. The summed E-state index contributed by atoms with van der Waals surface area (Å²) in [6, 6.07) is 6.66. The van der Waals surface area contributed by atoms with E-state index >= 15 is 0 Å². The first-order chi connectivity index (χ1) is 8.06. The Kier molecular flexibility index (Phi) is 3.79. The zero-order valence-corrected chi connectivity index (χ0v) is 12.1. The van der Waals surface area contributed by atoms with Gasteiger partial charge >= 0.3 is 0 Å². The van der Waals surface area contributed by atoms with Gasteiger partial charge in [-0.3, -0.25) is 0 Å². The second kappa shape index (κ2) is 5.14. The minimum Gasteiger partial charge on any atom is -0.340 e. The van der Waals surface area contributed by atoms with Gasteiger partial charge in [0.05, 0.1) is 4.47 Å². The molecule has 0 aliphatic carbocycles. The number of benzene rings is 1. The van der Waals surface area contributed by atoms with Crippen molar-refractivity contribution in [3.8, 4) is 0 Å². The molecule has 0 aliphatic heterocycles. The highest BCUT2D eigenvalue weighted by atomic mass is 79.9. The molecule has 0 atom stereocenters. The Morgan fingerprint density at radius 3 is 2.59 bits per heavy atom. The van der Waals surface area contributed by atoms with Crippen LogP contribution in [0.3, 0.4) is 0 Å². The van der Waals surface area contributed by atoms with Crippen molar-refractivity contribution in [1.29, 1.82) is 0 Å². The van der Waals surface area contributed by atoms with Gasteiger partial charge in [0.1, 0.15) is 11.6 Å². The second-order valence-corrected chi connectivity index (χ2v) is 5.28. The Labute approximate surface area is 116 Å². The van der Waals surface area contributed by atoms with Crippen LogP contribution in [0.25, 0.3) is 0 Å². The van der Waals surface area contributed by atoms with Crippen LogP contribution in [0.5, 0.6) is 0 Å². The molecule has 0 spiro atoms. The second-order valence-electron chi connectivity index (χ2n) is 3.57. The molecular weight excluding hydrogens is 351 g/mol. The molecule has 2 rings (SSSR count). The van der Waals surface area contributed by atoms with E-state index in [-0.39, 0.29) is 5.82 Å². The lowest BCUT2D eigenvalue weighted by Crippen LogP contribution is -1.94. The van der Waals surface area contributed by atoms with Crippen molar-refractivity contribution < 1.29 is 4.39 Å². The number of anilines is 2. The van der Waals surface area contributed by atoms with Crippen molar-refractivity contribution in [2.75, 3.05) is 5.32 Å². The van der Waals surface area contributed by atoms with Gasteiger partial charge in [-0.15, -0.1) is 0 Å². The average molecular weight is 360 g/mol. The van der Waals surface area contributed by atoms with Crippen LogP contribution in [-0.2, 0) is 0 Å². The molecule has 1 N–H and O–H groups in total. The monoisotopic (exact) mass is 358 g/mol. The van der Waals surface area contributed by atoms with E-state index in [0.717, 1.165) is 21.5 Å². The number of aromatic nitrogens is 1. The maximum atomic E-state index is 13.1. The van der Waals surface area contributed by atoms with Gasteiger partial charge in [-0.05, 0) is 68.6 Å². The number of aryl methyl sites for hydroxylation is 1. The van der Waals surface area contributed by atoms with Crippen molar-refractivity contribution in [2.45, 2.75) is 6.92 Å². The first-order valence-corrected chi connectivity index (χ1v) is 6.49. The summed E-state index contributed by atoms with van der Waals surface area (Å²) in [5.41, 5.74) is 1.87. The van der Waals surface area contributed by atoms with Crippen molar-refractivity contribution in [2.24, 2.45) is 0 Å². The smallest absolute Gasteiger partial charge is 0.137 e. The van der Waals surface area contributed by atoms with Crippen LogP contribution in [-0.4, -0.2) is 4.98 Å². The lowest BCUT2D eigenvalue weighted by Gasteiger charge is -2.07. The van der Waals surface area contributed by atoms with Gasteiger partial charge in [0.25, 0.3) is 0 Å². The third kappa shape index (κ3) is 3.04. The zero-order chi connectivity index (χ0) is 12.4. The van der Waals surface area contributed by atoms with Gasteiger partial charge in [-0.1, -0.05) is 0 Å². The van der Waals surface area contributed by atoms with E-state index in [1.54, 1.807) is 18.3 Å². The first kappa shape index (κ1) is 12.5. The molecule has 0 saturated heterocycles. The molecule has 2 nitrogen and oxygen atoms in total. The van der Waals surface area contributed by atoms with Gasteiger partial charge in [0.15, 0.2) is 0 Å². The number of halogens is 3. The summed E-state index contributed by atoms with van der Waals surface area (Å²) in [4.78, 5) is 4.22. The van der Waals surface area contributed by atoms with E-state index in [1.807, 2.05) is 13.0 Å². The molecule has 1 aromatic heterocycles. The van der Waals surface area contributed by atoms with E-state index in [2.05, 4.69) is 42.2 Å². The van der Waals surface area contributed by atoms with Crippen LogP contribution >= 0.6 is 31.9 Å². The molecule has 5 heteroatoms. The van der Waals surface area contributed by atoms with E-state index < -0.39 is 0 Å². The van der Waals surface area contributed by atoms with Crippen LogP contribution < -0.4 is 5.32 Å². The topological polar surface area (TPSA) is 24.9 Å². The van der Waals surface area contributed by atoms with Crippen LogP contribution in [0.15, 0.2) is 39.4 Å². The summed E-state index contributed by atoms with van der Waals surface area (Å²) in [6.45, 7) is 1.98. The quantitative estimate of drug-likeness (QED) is 0.833. The van der Waals surface area contributed by atoms with Crippen molar-refractivity contribution in [1.82, 2.24) is 4.98 Å². The Hall–Kier alpha value is -0.940. The number of pyridine rings is 1. The van der Waals surface area contributed by atoms with Gasteiger partial charge in [0.2, 0.25) is 0 Å². The molecule has 0 amide bonds. The first-order valence-electron chi connectivity index (χ1n) is 4.90. The van der Waals surface area contributed by atoms with E-state index in [9.17, 15) is 4.39 Å². The number of nitrogens with one attached hydrogen (secondary N) is 1. The lowest BCUT2D eigenvalue weighted by atomic mass is 10.3. The van der Waals surface area contributed by atoms with E-state index in [0.29, 0.717) is 4.47 Å². The highest BCUT2D eigenvalue weighted by Crippen LogP contribution is 2.24. The summed E-state index contributed by atoms with van der Waals surface area (Å²) >= 11 is 6.53. The SMILES string of the molecule is Cc1cc(Nc2ccc(F)c(Br)c2)ncc1Br. The van der Waals surface area contributed by atoms with Crippen molar-refractivity contribution in [3.05, 3.63) is 50.8 Å². The summed E-state index contributed by atoms with van der Waals surface area (Å²) in [6.07, 6.45) is 1.73. The maximum absolute atomic E-state index is 13.1. The standard InChI is InChI=1S/C12H9Br2FN2/c1-7-4-12(16-6-10(7)14)17-8-2-3-11(15)9(13)5-8/h2-6H,1H3,(H,16,17). The highest BCUT2D eigenvalue weighted by molar-refractivity contribution is 9.10. The lowest BCUT2D eigenvalue weighted by molar-refractivity contribution is 0.621. The molecule has 0 saturated carbocycles. The molecule has 0 unspecified atom stereocenters. The molecule has 1 heterocycles. The van der Waals surface area contributed by atoms with Gasteiger partial charge in [0, 0.05) is 16.4 Å². The average Bonchev–Trinajstić information content (AvgIpc) is 2.29. The minimum absolute atomic E-state index is 0.282. The van der Waals surface area contributed by atoms with Crippen molar-refractivity contribution in [3.63, 3.8) is 0 Å². The summed E-state index contributed by atoms with van der Waals surface area (Å²) in [5.74, 6) is 0.444. The van der Waals surface area contributed by atoms with E-state index in [1.165, 1.54) is 6.07 Å². The van der Waals surface area contributed by atoms with Crippen LogP contribution in [0, 0.1) is 12.7 Å². The molecule has 1 aromatic carbocycles. The Balaban J connectivity index is 2.25. The summed E-state index contributed by atoms with van der Waals surface area (Å²) in [5, 5.41) is 3.11. The number of hydrogen-bond acceptors (Lipinski definition) is 2. The third-order valence-corrected chi connectivity index (χ3v) is 3.68. The van der Waals surface area contributed by atoms with Crippen LogP contribution in [0.4, 0.5) is 15.9 Å². The summed E-state index contributed by atoms with van der Waals surface area (Å²) < 4.78 is 14.4. The van der Waals surface area contributed by atoms with Crippen LogP contribution in [0.1, 0.15) is 5.56 Å². The van der Waals surface area contributed by atoms with Gasteiger partial charge < -0.3 is 5.32 Å². The summed E-state index contributed by atoms with van der Waals surface area (Å²) in [7, 11) is 0. The number of hydrogen-bond donors (Lipinski definition) is 1. The third-order valence-electron chi connectivity index (χ3n) is 2.24. The number of nitrogens with zero attached hydrogens (tertiary/aromatic N) is 1. The maximum Gasteiger partial charge on any atom is 0.137 e. The van der Waals surface area contributed by atoms with Crippen LogP contribution in [0.2, 0.25) is 0 Å². The fraction of sp³-hybridized carbons (Fsp3) is 0.0833. The van der Waals surface area contributed by atoms with E-state index in [4.69, 9.17) is 0 Å². The molecule has 0 aliphatic rings. The predicted molar refractivity (Wildman–Crippen MR) is 74.1 cm³/mol. The Morgan fingerprint density at radius 2 is 1.94 bits per heavy atom. The molecule has 0 bridgehead atoms. The molecule has 0 fully saturated rings. The van der Waals surface area contributed by atoms with Gasteiger partial charge in [-0.25, -0.2) is 9.37 Å². The predicted octanol–water partition coefficient (Wildman–Crippen LogP) is 4.80. The molecular formula is C12H9Br2FN2. The fourth-order valence-corrected chi connectivity index (χ4v) is 1.93. The Morgan fingerprint density at radius 1 is 1.18 bits per heavy atom. The van der Waals surface area contributed by atoms with Crippen molar-refractivity contribution >= 4 is 43.4 Å². The molecule has 88 valence electrons. The molecule has 0 radical (unpaired) electrons. The van der Waals surface area contributed by atoms with Gasteiger partial charge in [-0.2, -0.15) is 0 Å². The molecule has 2 aromatic rings. The number of rotatable bonds is 2. The molecule has 17 heavy (non-hydrogen) atoms. The largest absolute Gasteiger partial charge is 0.340 e. The fourth-order valence-electron chi connectivity index (χ4n) is 1.33. The highest BCUT2D eigenvalue weighted by Gasteiger charge is 2.02. The normalized spacial score (nSPS) is 10.4. The Bertz CT molecular complexity index is 509. The zero-order valence-electron chi connectivity index (χ0n) is 8.97.